The molecule has 2 nitrogen and oxygen atoms in total. The Morgan fingerprint density at radius 2 is 1.78 bits per heavy atom. The first-order valence-corrected chi connectivity index (χ1v) is 11.3. The summed E-state index contributed by atoms with van der Waals surface area (Å²) < 4.78 is 0. The van der Waals surface area contributed by atoms with Crippen LogP contribution in [0.5, 0.6) is 0 Å². The lowest BCUT2D eigenvalue weighted by Gasteiger charge is -2.67. The van der Waals surface area contributed by atoms with Crippen LogP contribution >= 0.6 is 0 Å². The van der Waals surface area contributed by atoms with Crippen molar-refractivity contribution in [1.82, 2.24) is 4.90 Å². The third kappa shape index (κ3) is 2.99. The summed E-state index contributed by atoms with van der Waals surface area (Å²) in [5.74, 6) is 0.937. The van der Waals surface area contributed by atoms with Crippen molar-refractivity contribution in [3.05, 3.63) is 35.9 Å². The Labute approximate surface area is 165 Å². The number of rotatable bonds is 3. The molecule has 6 rings (SSSR count). The Hall–Kier alpha value is -0.860. The van der Waals surface area contributed by atoms with Crippen LogP contribution in [-0.2, 0) is 5.41 Å². The van der Waals surface area contributed by atoms with Gasteiger partial charge in [0.05, 0.1) is 0 Å². The minimum Gasteiger partial charge on any atom is -0.327 e. The lowest BCUT2D eigenvalue weighted by atomic mass is 9.39. The Kier molecular flexibility index (Phi) is 3.93. The van der Waals surface area contributed by atoms with Gasteiger partial charge >= 0.3 is 0 Å². The molecule has 4 saturated carbocycles. The van der Waals surface area contributed by atoms with Crippen LogP contribution < -0.4 is 5.73 Å². The third-order valence-corrected chi connectivity index (χ3v) is 8.80. The predicted octanol–water partition coefficient (Wildman–Crippen LogP) is 4.97. The summed E-state index contributed by atoms with van der Waals surface area (Å²) in [4.78, 5) is 2.79. The maximum atomic E-state index is 6.43. The molecule has 2 N–H and O–H groups in total. The first-order chi connectivity index (χ1) is 12.7. The summed E-state index contributed by atoms with van der Waals surface area (Å²) >= 11 is 0. The van der Waals surface area contributed by atoms with E-state index >= 15 is 0 Å². The Balaban J connectivity index is 1.45. The van der Waals surface area contributed by atoms with E-state index in [1.807, 2.05) is 0 Å². The average Bonchev–Trinajstić information content (AvgIpc) is 2.56. The first kappa shape index (κ1) is 18.2. The van der Waals surface area contributed by atoms with Gasteiger partial charge in [0.25, 0.3) is 0 Å². The molecular weight excluding hydrogens is 328 g/mol. The molecule has 1 saturated heterocycles. The van der Waals surface area contributed by atoms with Crippen molar-refractivity contribution in [2.24, 2.45) is 27.9 Å². The van der Waals surface area contributed by atoms with Crippen LogP contribution in [0.25, 0.3) is 0 Å². The maximum absolute atomic E-state index is 6.43. The Morgan fingerprint density at radius 3 is 2.48 bits per heavy atom. The second-order valence-corrected chi connectivity index (χ2v) is 12.1. The van der Waals surface area contributed by atoms with Gasteiger partial charge in [-0.2, -0.15) is 0 Å². The molecule has 2 heteroatoms. The summed E-state index contributed by atoms with van der Waals surface area (Å²) in [5, 5.41) is 0. The lowest BCUT2D eigenvalue weighted by molar-refractivity contribution is -0.132. The molecule has 27 heavy (non-hydrogen) atoms. The Morgan fingerprint density at radius 1 is 1.00 bits per heavy atom. The van der Waals surface area contributed by atoms with E-state index in [1.165, 1.54) is 58.2 Å². The van der Waals surface area contributed by atoms with E-state index in [2.05, 4.69) is 56.0 Å². The SMILES string of the molecule is CC1(C)CN(CC23CC4C[C@](C)(C2)C[C@@](c2ccccc2)(C4)C3)CC[C@@H]1N. The molecule has 5 fully saturated rings. The highest BCUT2D eigenvalue weighted by Gasteiger charge is 2.62. The van der Waals surface area contributed by atoms with E-state index in [4.69, 9.17) is 5.73 Å². The number of likely N-dealkylation sites (tertiary alicyclic amines) is 1. The van der Waals surface area contributed by atoms with Crippen molar-refractivity contribution < 1.29 is 0 Å². The molecule has 5 atom stereocenters. The van der Waals surface area contributed by atoms with Gasteiger partial charge in [-0.3, -0.25) is 0 Å². The monoisotopic (exact) mass is 366 g/mol. The highest BCUT2D eigenvalue weighted by Crippen LogP contribution is 2.70. The van der Waals surface area contributed by atoms with Gasteiger partial charge in [-0.05, 0) is 84.6 Å². The zero-order valence-corrected chi connectivity index (χ0v) is 17.6. The van der Waals surface area contributed by atoms with Gasteiger partial charge in [0, 0.05) is 19.1 Å². The molecule has 2 unspecified atom stereocenters. The van der Waals surface area contributed by atoms with E-state index < -0.39 is 0 Å². The lowest BCUT2D eigenvalue weighted by Crippen LogP contribution is -2.62. The number of hydrogen-bond acceptors (Lipinski definition) is 2. The molecule has 148 valence electrons. The smallest absolute Gasteiger partial charge is 0.0115 e. The van der Waals surface area contributed by atoms with E-state index in [0.717, 1.165) is 12.3 Å². The first-order valence-electron chi connectivity index (χ1n) is 11.3. The van der Waals surface area contributed by atoms with Gasteiger partial charge in [0.1, 0.15) is 0 Å². The summed E-state index contributed by atoms with van der Waals surface area (Å²) in [6.45, 7) is 11.0. The van der Waals surface area contributed by atoms with Crippen molar-refractivity contribution in [3.63, 3.8) is 0 Å². The van der Waals surface area contributed by atoms with Crippen molar-refractivity contribution in [2.75, 3.05) is 19.6 Å². The fourth-order valence-electron chi connectivity index (χ4n) is 8.52. The van der Waals surface area contributed by atoms with Crippen molar-refractivity contribution in [3.8, 4) is 0 Å². The van der Waals surface area contributed by atoms with Gasteiger partial charge in [-0.25, -0.2) is 0 Å². The largest absolute Gasteiger partial charge is 0.327 e. The fraction of sp³-hybridized carbons (Fsp3) is 0.760. The van der Waals surface area contributed by atoms with Crippen LogP contribution in [-0.4, -0.2) is 30.6 Å². The molecule has 5 aliphatic rings. The number of hydrogen-bond donors (Lipinski definition) is 1. The predicted molar refractivity (Wildman–Crippen MR) is 113 cm³/mol. The number of benzene rings is 1. The molecule has 1 aliphatic heterocycles. The molecule has 0 amide bonds. The summed E-state index contributed by atoms with van der Waals surface area (Å²) in [6.07, 6.45) is 9.82. The standard InChI is InChI=1S/C25H38N2/c1-22(2)17-27(10-9-21(22)26)18-24-12-19-11-23(3,14-24)15-25(13-19,16-24)20-7-5-4-6-8-20/h4-8,19,21H,9-18,26H2,1-3H3/t19?,21-,23+,24?,25-/m0/s1. The van der Waals surface area contributed by atoms with Crippen LogP contribution in [0.4, 0.5) is 0 Å². The molecule has 4 aliphatic carbocycles. The minimum atomic E-state index is 0.252. The topological polar surface area (TPSA) is 29.3 Å². The van der Waals surface area contributed by atoms with Crippen LogP contribution in [0.3, 0.4) is 0 Å². The van der Waals surface area contributed by atoms with E-state index in [9.17, 15) is 0 Å². The van der Waals surface area contributed by atoms with Crippen LogP contribution in [0.2, 0.25) is 0 Å². The molecule has 0 aromatic heterocycles. The summed E-state index contributed by atoms with van der Waals surface area (Å²) in [7, 11) is 0. The van der Waals surface area contributed by atoms with E-state index in [1.54, 1.807) is 5.56 Å². The molecule has 0 radical (unpaired) electrons. The van der Waals surface area contributed by atoms with Crippen LogP contribution in [0.1, 0.15) is 71.3 Å². The number of piperidine rings is 1. The van der Waals surface area contributed by atoms with E-state index in [0.29, 0.717) is 22.3 Å². The third-order valence-electron chi connectivity index (χ3n) is 8.80. The molecule has 0 spiro atoms. The zero-order chi connectivity index (χ0) is 18.9. The van der Waals surface area contributed by atoms with Crippen molar-refractivity contribution >= 4 is 0 Å². The molecule has 1 heterocycles. The fourth-order valence-corrected chi connectivity index (χ4v) is 8.52. The number of nitrogens with two attached hydrogens (primary N) is 1. The van der Waals surface area contributed by atoms with Crippen molar-refractivity contribution in [1.29, 1.82) is 0 Å². The van der Waals surface area contributed by atoms with Crippen molar-refractivity contribution in [2.45, 2.75) is 77.2 Å². The molecule has 1 aromatic carbocycles. The molecule has 1 aromatic rings. The quantitative estimate of drug-likeness (QED) is 0.818. The van der Waals surface area contributed by atoms with Crippen LogP contribution in [0.15, 0.2) is 30.3 Å². The average molecular weight is 367 g/mol. The van der Waals surface area contributed by atoms with E-state index in [-0.39, 0.29) is 5.41 Å². The zero-order valence-electron chi connectivity index (χ0n) is 17.6. The van der Waals surface area contributed by atoms with Gasteiger partial charge in [0.15, 0.2) is 0 Å². The highest BCUT2D eigenvalue weighted by molar-refractivity contribution is 5.31. The van der Waals surface area contributed by atoms with Crippen LogP contribution in [0, 0.1) is 22.2 Å². The highest BCUT2D eigenvalue weighted by atomic mass is 15.2. The van der Waals surface area contributed by atoms with Gasteiger partial charge in [-0.1, -0.05) is 51.1 Å². The molecular formula is C25H38N2. The Bertz CT molecular complexity index is 712. The molecule has 4 bridgehead atoms. The second kappa shape index (κ2) is 5.83. The van der Waals surface area contributed by atoms with Gasteiger partial charge < -0.3 is 10.6 Å². The second-order valence-electron chi connectivity index (χ2n) is 12.1. The number of nitrogens with zero attached hydrogens (tertiary/aromatic N) is 1. The van der Waals surface area contributed by atoms with Gasteiger partial charge in [0.2, 0.25) is 0 Å². The summed E-state index contributed by atoms with van der Waals surface area (Å²) in [5.41, 5.74) is 9.83. The minimum absolute atomic E-state index is 0.252. The van der Waals surface area contributed by atoms with Gasteiger partial charge in [-0.15, -0.1) is 0 Å². The summed E-state index contributed by atoms with van der Waals surface area (Å²) in [6, 6.07) is 11.9. The maximum Gasteiger partial charge on any atom is 0.0115 e. The normalized spacial score (nSPS) is 45.9.